The number of benzene rings is 2. The van der Waals surface area contributed by atoms with Crippen LogP contribution in [0.3, 0.4) is 0 Å². The van der Waals surface area contributed by atoms with Crippen LogP contribution < -0.4 is 5.56 Å². The number of carbonyl (C=O) groups is 1. The Morgan fingerprint density at radius 2 is 1.91 bits per heavy atom. The summed E-state index contributed by atoms with van der Waals surface area (Å²) >= 11 is 0. The molecule has 1 aliphatic rings. The maximum atomic E-state index is 13.6. The van der Waals surface area contributed by atoms with Gasteiger partial charge in [-0.05, 0) is 48.9 Å². The Kier molecular flexibility index (Phi) is 5.20. The van der Waals surface area contributed by atoms with Gasteiger partial charge in [0.15, 0.2) is 0 Å². The summed E-state index contributed by atoms with van der Waals surface area (Å²) < 4.78 is 3.00. The fraction of sp³-hybridized carbons (Fsp3) is 0.222. The molecule has 2 aromatic heterocycles. The third-order valence-corrected chi connectivity index (χ3v) is 6.24. The van der Waals surface area contributed by atoms with E-state index in [4.69, 9.17) is 0 Å². The summed E-state index contributed by atoms with van der Waals surface area (Å²) in [5.41, 5.74) is 2.15. The summed E-state index contributed by atoms with van der Waals surface area (Å²) in [5.74, 6) is 5.93. The van der Waals surface area contributed by atoms with Crippen LogP contribution in [0, 0.1) is 17.3 Å². The molecule has 1 saturated carbocycles. The molecule has 0 amide bonds. The van der Waals surface area contributed by atoms with Crippen LogP contribution >= 0.6 is 0 Å². The Morgan fingerprint density at radius 3 is 2.61 bits per heavy atom. The molecule has 1 N–H and O–H groups in total. The van der Waals surface area contributed by atoms with Crippen molar-refractivity contribution in [1.82, 2.24) is 14.3 Å². The molecule has 0 unspecified atom stereocenters. The quantitative estimate of drug-likeness (QED) is 0.495. The first-order valence-corrected chi connectivity index (χ1v) is 11.0. The molecule has 1 aliphatic carbocycles. The molecule has 0 radical (unpaired) electrons. The Balaban J connectivity index is 1.58. The lowest BCUT2D eigenvalue weighted by molar-refractivity contribution is 0.0722. The van der Waals surface area contributed by atoms with Crippen molar-refractivity contribution in [3.63, 3.8) is 0 Å². The minimum absolute atomic E-state index is 0.107. The van der Waals surface area contributed by atoms with Crippen LogP contribution in [0.2, 0.25) is 0 Å². The summed E-state index contributed by atoms with van der Waals surface area (Å²) in [4.78, 5) is 26.1. The molecule has 6 heteroatoms. The first kappa shape index (κ1) is 20.9. The van der Waals surface area contributed by atoms with Crippen LogP contribution in [0.4, 0.5) is 0 Å². The van der Waals surface area contributed by atoms with Gasteiger partial charge >= 0.3 is 0 Å². The smallest absolute Gasteiger partial charge is 0.264 e. The van der Waals surface area contributed by atoms with Crippen LogP contribution in [0.15, 0.2) is 71.8 Å². The first-order valence-electron chi connectivity index (χ1n) is 11.0. The number of aliphatic hydroxyl groups excluding tert-OH is 1. The van der Waals surface area contributed by atoms with Gasteiger partial charge in [0, 0.05) is 23.1 Å². The number of pyridine rings is 1. The highest BCUT2D eigenvalue weighted by atomic mass is 16.3. The van der Waals surface area contributed by atoms with E-state index in [9.17, 15) is 14.7 Å². The molecule has 2 heterocycles. The molecule has 5 rings (SSSR count). The van der Waals surface area contributed by atoms with Crippen molar-refractivity contribution < 1.29 is 9.90 Å². The maximum absolute atomic E-state index is 13.6. The third-order valence-electron chi connectivity index (χ3n) is 6.24. The summed E-state index contributed by atoms with van der Waals surface area (Å²) in [5, 5.41) is 15.0. The van der Waals surface area contributed by atoms with Crippen molar-refractivity contribution in [2.45, 2.75) is 26.2 Å². The molecule has 164 valence electrons. The van der Waals surface area contributed by atoms with E-state index in [-0.39, 0.29) is 18.1 Å². The van der Waals surface area contributed by atoms with Crippen molar-refractivity contribution in [2.24, 2.45) is 5.41 Å². The fourth-order valence-electron chi connectivity index (χ4n) is 4.11. The Hall–Kier alpha value is -3.95. The average molecular weight is 437 g/mol. The van der Waals surface area contributed by atoms with Crippen LogP contribution in [-0.4, -0.2) is 32.0 Å². The largest absolute Gasteiger partial charge is 0.395 e. The van der Waals surface area contributed by atoms with E-state index in [1.807, 2.05) is 61.5 Å². The number of hydrogen-bond acceptors (Lipinski definition) is 4. The van der Waals surface area contributed by atoms with Gasteiger partial charge in [-0.2, -0.15) is 5.10 Å². The molecule has 0 bridgehead atoms. The summed E-state index contributed by atoms with van der Waals surface area (Å²) in [6.45, 7) is 1.86. The summed E-state index contributed by atoms with van der Waals surface area (Å²) in [6.07, 6.45) is 5.17. The van der Waals surface area contributed by atoms with Gasteiger partial charge in [0.2, 0.25) is 0 Å². The molecule has 0 atom stereocenters. The minimum Gasteiger partial charge on any atom is -0.395 e. The number of aliphatic hydroxyl groups is 1. The van der Waals surface area contributed by atoms with E-state index >= 15 is 0 Å². The molecular weight excluding hydrogens is 414 g/mol. The molecule has 1 fully saturated rings. The number of hydrogen-bond donors (Lipinski definition) is 1. The van der Waals surface area contributed by atoms with Gasteiger partial charge in [-0.3, -0.25) is 14.2 Å². The zero-order chi connectivity index (χ0) is 23.0. The SMILES string of the molecule is CCc1cc2cccc(C#Cc3cnn(C(=O)C4(CO)CC4)c3)c2c(=O)n1-c1ccccc1. The normalized spacial score (nSPS) is 14.0. The third kappa shape index (κ3) is 3.67. The summed E-state index contributed by atoms with van der Waals surface area (Å²) in [7, 11) is 0. The molecule has 33 heavy (non-hydrogen) atoms. The standard InChI is InChI=1S/C27H23N3O3/c1-2-22-15-21-8-6-7-20(24(21)25(32)30(22)23-9-4-3-5-10-23)12-11-19-16-28-29(17-19)26(33)27(18-31)13-14-27/h3-10,15-17,31H,2,13-14,18H2,1H3. The molecule has 0 aliphatic heterocycles. The van der Waals surface area contributed by atoms with Crippen LogP contribution in [-0.2, 0) is 6.42 Å². The van der Waals surface area contributed by atoms with Crippen molar-refractivity contribution in [1.29, 1.82) is 0 Å². The van der Waals surface area contributed by atoms with Crippen molar-refractivity contribution in [3.05, 3.63) is 94.2 Å². The lowest BCUT2D eigenvalue weighted by Crippen LogP contribution is -2.26. The highest BCUT2D eigenvalue weighted by Gasteiger charge is 2.50. The van der Waals surface area contributed by atoms with Gasteiger partial charge in [-0.25, -0.2) is 4.68 Å². The molecule has 4 aromatic rings. The number of para-hydroxylation sites is 1. The van der Waals surface area contributed by atoms with Crippen LogP contribution in [0.5, 0.6) is 0 Å². The number of fused-ring (bicyclic) bond motifs is 1. The van der Waals surface area contributed by atoms with E-state index in [0.717, 1.165) is 23.2 Å². The highest BCUT2D eigenvalue weighted by Crippen LogP contribution is 2.46. The number of aryl methyl sites for hydroxylation is 1. The van der Waals surface area contributed by atoms with Crippen molar-refractivity contribution >= 4 is 16.7 Å². The van der Waals surface area contributed by atoms with Gasteiger partial charge in [0.1, 0.15) is 0 Å². The average Bonchev–Trinajstić information content (AvgIpc) is 3.52. The topological polar surface area (TPSA) is 77.1 Å². The zero-order valence-corrected chi connectivity index (χ0v) is 18.3. The van der Waals surface area contributed by atoms with E-state index in [0.29, 0.717) is 29.4 Å². The van der Waals surface area contributed by atoms with Crippen LogP contribution in [0.1, 0.15) is 41.4 Å². The van der Waals surface area contributed by atoms with Crippen molar-refractivity contribution in [2.75, 3.05) is 6.61 Å². The Labute approximate surface area is 191 Å². The van der Waals surface area contributed by atoms with E-state index in [2.05, 4.69) is 16.9 Å². The second kappa shape index (κ2) is 8.19. The highest BCUT2D eigenvalue weighted by molar-refractivity contribution is 5.89. The van der Waals surface area contributed by atoms with E-state index in [1.54, 1.807) is 10.8 Å². The van der Waals surface area contributed by atoms with E-state index < -0.39 is 5.41 Å². The lowest BCUT2D eigenvalue weighted by atomic mass is 10.0. The van der Waals surface area contributed by atoms with Crippen molar-refractivity contribution in [3.8, 4) is 17.5 Å². The van der Waals surface area contributed by atoms with Gasteiger partial charge in [0.05, 0.1) is 29.2 Å². The maximum Gasteiger partial charge on any atom is 0.264 e. The predicted octanol–water partition coefficient (Wildman–Crippen LogP) is 3.56. The molecular formula is C27H23N3O3. The van der Waals surface area contributed by atoms with E-state index in [1.165, 1.54) is 10.9 Å². The predicted molar refractivity (Wildman–Crippen MR) is 127 cm³/mol. The molecule has 0 spiro atoms. The van der Waals surface area contributed by atoms with Crippen LogP contribution in [0.25, 0.3) is 16.5 Å². The number of aromatic nitrogens is 3. The molecule has 2 aromatic carbocycles. The monoisotopic (exact) mass is 437 g/mol. The Bertz CT molecular complexity index is 1480. The van der Waals surface area contributed by atoms with Gasteiger partial charge in [-0.1, -0.05) is 49.1 Å². The minimum atomic E-state index is -0.689. The second-order valence-corrected chi connectivity index (χ2v) is 8.40. The summed E-state index contributed by atoms with van der Waals surface area (Å²) in [6, 6.07) is 17.3. The van der Waals surface area contributed by atoms with Gasteiger partial charge in [-0.15, -0.1) is 0 Å². The fourth-order valence-corrected chi connectivity index (χ4v) is 4.11. The van der Waals surface area contributed by atoms with Gasteiger partial charge < -0.3 is 5.11 Å². The second-order valence-electron chi connectivity index (χ2n) is 8.40. The number of carbonyl (C=O) groups excluding carboxylic acids is 1. The first-order chi connectivity index (χ1) is 16.1. The molecule has 0 saturated heterocycles. The number of rotatable bonds is 4. The number of nitrogens with zero attached hydrogens (tertiary/aromatic N) is 3. The Morgan fingerprint density at radius 1 is 1.12 bits per heavy atom. The zero-order valence-electron chi connectivity index (χ0n) is 18.3. The van der Waals surface area contributed by atoms with Gasteiger partial charge in [0.25, 0.3) is 11.5 Å². The lowest BCUT2D eigenvalue weighted by Gasteiger charge is -2.14. The molecule has 6 nitrogen and oxygen atoms in total.